The molecule has 0 saturated carbocycles. The lowest BCUT2D eigenvalue weighted by Crippen LogP contribution is -2.30. The Morgan fingerprint density at radius 1 is 1.11 bits per heavy atom. The molecule has 0 unspecified atom stereocenters. The zero-order chi connectivity index (χ0) is 6.95. The highest BCUT2D eigenvalue weighted by Crippen LogP contribution is 1.68. The summed E-state index contributed by atoms with van der Waals surface area (Å²) in [4.78, 5) is 0. The average Bonchev–Trinajstić information content (AvgIpc) is 1.89. The summed E-state index contributed by atoms with van der Waals surface area (Å²) in [5.41, 5.74) is 0. The van der Waals surface area contributed by atoms with Crippen LogP contribution in [0.1, 0.15) is 6.42 Å². The third-order valence-electron chi connectivity index (χ3n) is 0.873. The molecule has 0 amide bonds. The van der Waals surface area contributed by atoms with Gasteiger partial charge in [-0.3, -0.25) is 5.32 Å². The summed E-state index contributed by atoms with van der Waals surface area (Å²) in [6.07, 6.45) is 0.757. The summed E-state index contributed by atoms with van der Waals surface area (Å²) in [7, 11) is 0. The molecule has 4 nitrogen and oxygen atoms in total. The number of hydrogen-bond acceptors (Lipinski definition) is 4. The first kappa shape index (κ1) is 8.84. The molecule has 0 aromatic heterocycles. The molecule has 0 rings (SSSR count). The Morgan fingerprint density at radius 3 is 2.44 bits per heavy atom. The van der Waals surface area contributed by atoms with Crippen molar-refractivity contribution in [1.82, 2.24) is 10.6 Å². The standard InChI is InChI=1S/C5H14N2O2/c8-3-1-2-6-4-7-5-9/h6-9H,1-5H2. The van der Waals surface area contributed by atoms with Crippen molar-refractivity contribution in [2.75, 3.05) is 26.6 Å². The van der Waals surface area contributed by atoms with Crippen LogP contribution < -0.4 is 10.6 Å². The highest BCUT2D eigenvalue weighted by Gasteiger charge is 1.82. The van der Waals surface area contributed by atoms with Gasteiger partial charge in [0.05, 0.1) is 6.73 Å². The zero-order valence-corrected chi connectivity index (χ0v) is 5.43. The first-order chi connectivity index (χ1) is 4.41. The van der Waals surface area contributed by atoms with Gasteiger partial charge in [-0.15, -0.1) is 0 Å². The molecular weight excluding hydrogens is 120 g/mol. The van der Waals surface area contributed by atoms with Crippen LogP contribution in [0, 0.1) is 0 Å². The molecule has 0 radical (unpaired) electrons. The van der Waals surface area contributed by atoms with E-state index in [1.807, 2.05) is 0 Å². The smallest absolute Gasteiger partial charge is 0.0941 e. The average molecular weight is 134 g/mol. The highest BCUT2D eigenvalue weighted by atomic mass is 16.3. The Hall–Kier alpha value is -0.160. The molecular formula is C5H14N2O2. The second kappa shape index (κ2) is 7.84. The number of nitrogens with one attached hydrogen (secondary N) is 2. The molecule has 0 aliphatic carbocycles. The van der Waals surface area contributed by atoms with Gasteiger partial charge in [-0.25, -0.2) is 0 Å². The van der Waals surface area contributed by atoms with E-state index in [0.717, 1.165) is 13.0 Å². The topological polar surface area (TPSA) is 64.5 Å². The van der Waals surface area contributed by atoms with Crippen molar-refractivity contribution in [2.24, 2.45) is 0 Å². The second-order valence-electron chi connectivity index (χ2n) is 1.66. The molecule has 0 atom stereocenters. The Morgan fingerprint density at radius 2 is 1.89 bits per heavy atom. The van der Waals surface area contributed by atoms with Crippen LogP contribution in [0.3, 0.4) is 0 Å². The molecule has 0 aliphatic heterocycles. The maximum absolute atomic E-state index is 8.31. The van der Waals surface area contributed by atoms with E-state index in [-0.39, 0.29) is 13.3 Å². The zero-order valence-electron chi connectivity index (χ0n) is 5.43. The summed E-state index contributed by atoms with van der Waals surface area (Å²) in [5, 5.41) is 22.2. The lowest BCUT2D eigenvalue weighted by atomic mass is 10.5. The van der Waals surface area contributed by atoms with Crippen LogP contribution in [0.15, 0.2) is 0 Å². The molecule has 0 aliphatic rings. The van der Waals surface area contributed by atoms with Crippen LogP contribution in [-0.2, 0) is 0 Å². The van der Waals surface area contributed by atoms with Crippen LogP contribution in [0.5, 0.6) is 0 Å². The van der Waals surface area contributed by atoms with Gasteiger partial charge >= 0.3 is 0 Å². The van der Waals surface area contributed by atoms with Crippen LogP contribution in [-0.4, -0.2) is 36.8 Å². The van der Waals surface area contributed by atoms with Crippen LogP contribution in [0.25, 0.3) is 0 Å². The van der Waals surface area contributed by atoms with Gasteiger partial charge in [0.15, 0.2) is 0 Å². The van der Waals surface area contributed by atoms with E-state index in [9.17, 15) is 0 Å². The van der Waals surface area contributed by atoms with Crippen molar-refractivity contribution in [2.45, 2.75) is 6.42 Å². The minimum absolute atomic E-state index is 0.00781. The van der Waals surface area contributed by atoms with Crippen molar-refractivity contribution in [1.29, 1.82) is 0 Å². The highest BCUT2D eigenvalue weighted by molar-refractivity contribution is 4.41. The predicted molar refractivity (Wildman–Crippen MR) is 34.8 cm³/mol. The molecule has 0 aromatic rings. The fourth-order valence-electron chi connectivity index (χ4n) is 0.437. The van der Waals surface area contributed by atoms with Gasteiger partial charge < -0.3 is 15.5 Å². The van der Waals surface area contributed by atoms with E-state index in [2.05, 4.69) is 10.6 Å². The van der Waals surface area contributed by atoms with Crippen molar-refractivity contribution in [3.8, 4) is 0 Å². The monoisotopic (exact) mass is 134 g/mol. The largest absolute Gasteiger partial charge is 0.396 e. The summed E-state index contributed by atoms with van der Waals surface area (Å²) in [6, 6.07) is 0. The SMILES string of the molecule is OCCCNCNCO. The van der Waals surface area contributed by atoms with E-state index < -0.39 is 0 Å². The first-order valence-corrected chi connectivity index (χ1v) is 3.05. The van der Waals surface area contributed by atoms with Gasteiger partial charge in [0.1, 0.15) is 0 Å². The minimum Gasteiger partial charge on any atom is -0.396 e. The number of hydrogen-bond donors (Lipinski definition) is 4. The fraction of sp³-hybridized carbons (Fsp3) is 1.00. The molecule has 0 spiro atoms. The van der Waals surface area contributed by atoms with Crippen molar-refractivity contribution >= 4 is 0 Å². The van der Waals surface area contributed by atoms with E-state index in [1.54, 1.807) is 0 Å². The number of rotatable bonds is 6. The molecule has 0 heterocycles. The summed E-state index contributed by atoms with van der Waals surface area (Å²) >= 11 is 0. The van der Waals surface area contributed by atoms with Crippen molar-refractivity contribution < 1.29 is 10.2 Å². The van der Waals surface area contributed by atoms with Crippen molar-refractivity contribution in [3.63, 3.8) is 0 Å². The van der Waals surface area contributed by atoms with Gasteiger partial charge in [0, 0.05) is 13.3 Å². The van der Waals surface area contributed by atoms with Gasteiger partial charge in [-0.1, -0.05) is 0 Å². The van der Waals surface area contributed by atoms with Crippen LogP contribution in [0.4, 0.5) is 0 Å². The maximum atomic E-state index is 8.31. The summed E-state index contributed by atoms with van der Waals surface area (Å²) in [6.45, 7) is 1.58. The molecule has 0 bridgehead atoms. The molecule has 4 heteroatoms. The molecule has 0 saturated heterocycles. The maximum Gasteiger partial charge on any atom is 0.0941 e. The summed E-state index contributed by atoms with van der Waals surface area (Å²) < 4.78 is 0. The van der Waals surface area contributed by atoms with Gasteiger partial charge in [-0.2, -0.15) is 0 Å². The van der Waals surface area contributed by atoms with Gasteiger partial charge in [0.25, 0.3) is 0 Å². The Balaban J connectivity index is 2.60. The normalized spacial score (nSPS) is 10.0. The van der Waals surface area contributed by atoms with E-state index in [4.69, 9.17) is 10.2 Å². The third kappa shape index (κ3) is 7.84. The Labute approximate surface area is 54.9 Å². The predicted octanol–water partition coefficient (Wildman–Crippen LogP) is -1.54. The second-order valence-corrected chi connectivity index (χ2v) is 1.66. The summed E-state index contributed by atoms with van der Waals surface area (Å²) in [5.74, 6) is 0. The van der Waals surface area contributed by atoms with Gasteiger partial charge in [-0.05, 0) is 13.0 Å². The van der Waals surface area contributed by atoms with Crippen LogP contribution in [0.2, 0.25) is 0 Å². The van der Waals surface area contributed by atoms with E-state index >= 15 is 0 Å². The van der Waals surface area contributed by atoms with Gasteiger partial charge in [0.2, 0.25) is 0 Å². The van der Waals surface area contributed by atoms with Crippen molar-refractivity contribution in [3.05, 3.63) is 0 Å². The molecule has 4 N–H and O–H groups in total. The Kier molecular flexibility index (Phi) is 7.70. The molecule has 0 aromatic carbocycles. The lowest BCUT2D eigenvalue weighted by Gasteiger charge is -2.01. The fourth-order valence-corrected chi connectivity index (χ4v) is 0.437. The molecule has 0 fully saturated rings. The molecule has 56 valence electrons. The third-order valence-corrected chi connectivity index (χ3v) is 0.873. The number of aliphatic hydroxyl groups is 2. The molecule has 9 heavy (non-hydrogen) atoms. The minimum atomic E-state index is -0.00781. The quantitative estimate of drug-likeness (QED) is 0.262. The van der Waals surface area contributed by atoms with E-state index in [1.165, 1.54) is 0 Å². The number of aliphatic hydroxyl groups excluding tert-OH is 2. The first-order valence-electron chi connectivity index (χ1n) is 3.05. The lowest BCUT2D eigenvalue weighted by molar-refractivity contribution is 0.252. The van der Waals surface area contributed by atoms with Crippen LogP contribution >= 0.6 is 0 Å². The Bertz CT molecular complexity index is 46.2. The van der Waals surface area contributed by atoms with E-state index in [0.29, 0.717) is 6.67 Å².